The van der Waals surface area contributed by atoms with E-state index >= 15 is 0 Å². The zero-order chi connectivity index (χ0) is 16.4. The molecule has 0 radical (unpaired) electrons. The molecule has 3 heterocycles. The van der Waals surface area contributed by atoms with Crippen LogP contribution in [0, 0.1) is 12.3 Å². The minimum atomic E-state index is -1.54. The van der Waals surface area contributed by atoms with Crippen LogP contribution in [0.1, 0.15) is 6.92 Å². The molecule has 7 atom stereocenters. The third kappa shape index (κ3) is 4.03. The summed E-state index contributed by atoms with van der Waals surface area (Å²) < 4.78 is 28.9. The van der Waals surface area contributed by atoms with Gasteiger partial charge in [0.1, 0.15) is 38.4 Å². The largest absolute Gasteiger partial charge is 0.385 e. The van der Waals surface area contributed by atoms with Crippen molar-refractivity contribution in [1.29, 1.82) is 0 Å². The Labute approximate surface area is 146 Å². The van der Waals surface area contributed by atoms with Crippen LogP contribution in [0.2, 0.25) is 0 Å². The van der Waals surface area contributed by atoms with Gasteiger partial charge < -0.3 is 28.2 Å². The molecule has 3 fully saturated rings. The molecule has 0 amide bonds. The summed E-state index contributed by atoms with van der Waals surface area (Å²) in [6.07, 6.45) is 4.35. The van der Waals surface area contributed by atoms with Crippen LogP contribution in [0.5, 0.6) is 0 Å². The first-order valence-corrected chi connectivity index (χ1v) is 11.0. The van der Waals surface area contributed by atoms with E-state index in [0.717, 1.165) is 11.5 Å². The van der Waals surface area contributed by atoms with E-state index in [1.165, 1.54) is 0 Å². The molecule has 6 nitrogen and oxygen atoms in total. The molecule has 3 saturated heterocycles. The van der Waals surface area contributed by atoms with Gasteiger partial charge in [-0.2, -0.15) is 0 Å². The molecule has 0 aromatic rings. The summed E-state index contributed by atoms with van der Waals surface area (Å²) in [5.41, 5.74) is -1.05. The molecule has 10 heteroatoms. The fourth-order valence-corrected chi connectivity index (χ4v) is 6.60. The lowest BCUT2D eigenvalue weighted by Gasteiger charge is -2.37. The zero-order valence-corrected chi connectivity index (χ0v) is 15.6. The van der Waals surface area contributed by atoms with E-state index in [1.807, 2.05) is 7.85 Å². The van der Waals surface area contributed by atoms with Crippen LogP contribution in [-0.2, 0) is 23.0 Å². The van der Waals surface area contributed by atoms with Crippen molar-refractivity contribution in [3.8, 4) is 12.3 Å². The predicted octanol–water partition coefficient (Wildman–Crippen LogP) is 0.536. The maximum Gasteiger partial charge on any atom is 0.333 e. The van der Waals surface area contributed by atoms with Gasteiger partial charge >= 0.3 is 8.60 Å². The van der Waals surface area contributed by atoms with Gasteiger partial charge in [-0.25, -0.2) is 0 Å². The molecular formula is C13H20BO6PS2. The van der Waals surface area contributed by atoms with Gasteiger partial charge in [-0.15, -0.1) is 6.42 Å². The third-order valence-electron chi connectivity index (χ3n) is 4.22. The summed E-state index contributed by atoms with van der Waals surface area (Å²) in [5.74, 6) is 4.07. The van der Waals surface area contributed by atoms with E-state index in [0.29, 0.717) is 6.61 Å². The molecule has 0 unspecified atom stereocenters. The van der Waals surface area contributed by atoms with Crippen molar-refractivity contribution in [1.82, 2.24) is 0 Å². The number of ether oxygens (including phenoxy) is 2. The second-order valence-corrected chi connectivity index (χ2v) is 9.53. The van der Waals surface area contributed by atoms with E-state index in [2.05, 4.69) is 5.92 Å². The van der Waals surface area contributed by atoms with Crippen LogP contribution in [-0.4, -0.2) is 73.7 Å². The Morgan fingerprint density at radius 1 is 1.43 bits per heavy atom. The zero-order valence-electron chi connectivity index (χ0n) is 13.0. The number of fused-ring (bicyclic) bond motifs is 1. The smallest absolute Gasteiger partial charge is 0.333 e. The van der Waals surface area contributed by atoms with E-state index < -0.39 is 20.3 Å². The molecule has 0 aromatic heterocycles. The second kappa shape index (κ2) is 7.82. The van der Waals surface area contributed by atoms with E-state index in [-0.39, 0.29) is 30.9 Å². The first-order valence-electron chi connectivity index (χ1n) is 7.46. The van der Waals surface area contributed by atoms with Gasteiger partial charge in [0.2, 0.25) is 0 Å². The number of rotatable bonds is 4. The Morgan fingerprint density at radius 2 is 2.17 bits per heavy atom. The van der Waals surface area contributed by atoms with Crippen molar-refractivity contribution in [3.63, 3.8) is 0 Å². The number of hydrogen-bond donors (Lipinski definition) is 1. The Bertz CT molecular complexity index is 464. The van der Waals surface area contributed by atoms with Gasteiger partial charge in [-0.05, 0) is 6.92 Å². The summed E-state index contributed by atoms with van der Waals surface area (Å²) in [4.78, 5) is 0. The molecule has 1 N–H and O–H groups in total. The van der Waals surface area contributed by atoms with Crippen LogP contribution >= 0.6 is 30.2 Å². The van der Waals surface area contributed by atoms with Crippen molar-refractivity contribution in [2.75, 3.05) is 24.7 Å². The summed E-state index contributed by atoms with van der Waals surface area (Å²) in [6, 6.07) is -0.301. The minimum absolute atomic E-state index is 0.0796. The second-order valence-electron chi connectivity index (χ2n) is 5.85. The van der Waals surface area contributed by atoms with Crippen molar-refractivity contribution in [2.45, 2.75) is 42.9 Å². The van der Waals surface area contributed by atoms with Crippen LogP contribution in [0.25, 0.3) is 0 Å². The van der Waals surface area contributed by atoms with Crippen molar-refractivity contribution in [2.24, 2.45) is 0 Å². The fraction of sp³-hybridized carbons (Fsp3) is 0.846. The lowest BCUT2D eigenvalue weighted by atomic mass is 9.82. The summed E-state index contributed by atoms with van der Waals surface area (Å²) in [5, 5.41) is 10.5. The number of aliphatic hydroxyl groups is 1. The summed E-state index contributed by atoms with van der Waals surface area (Å²) in [6.45, 7) is 2.36. The van der Waals surface area contributed by atoms with Crippen molar-refractivity contribution in [3.05, 3.63) is 0 Å². The van der Waals surface area contributed by atoms with Crippen LogP contribution in [0.4, 0.5) is 0 Å². The lowest BCUT2D eigenvalue weighted by Crippen LogP contribution is -2.49. The predicted molar refractivity (Wildman–Crippen MR) is 93.9 cm³/mol. The van der Waals surface area contributed by atoms with Crippen molar-refractivity contribution < 1.29 is 28.2 Å². The highest BCUT2D eigenvalue weighted by Crippen LogP contribution is 2.52. The quantitative estimate of drug-likeness (QED) is 0.329. The maximum atomic E-state index is 10.5. The standard InChI is InChI=1S/C13H20BO6PS2/c1-3-4-16-9-6-22-23-7-10(9)19-21-17-5-8-11(20-21)13(2,15)12(14)18-8/h1,8-12,15H,4-7,14H2,2H3/t8-,9-,10-,11-,12-,13-,21-/m1/s1. The summed E-state index contributed by atoms with van der Waals surface area (Å²) in [7, 11) is 3.77. The highest BCUT2D eigenvalue weighted by molar-refractivity contribution is 8.76. The molecule has 0 bridgehead atoms. The van der Waals surface area contributed by atoms with Gasteiger partial charge in [0.15, 0.2) is 0 Å². The van der Waals surface area contributed by atoms with Crippen LogP contribution < -0.4 is 0 Å². The minimum Gasteiger partial charge on any atom is -0.385 e. The Hall–Kier alpha value is 0.515. The van der Waals surface area contributed by atoms with Gasteiger partial charge in [0.25, 0.3) is 0 Å². The Balaban J connectivity index is 1.59. The maximum absolute atomic E-state index is 10.5. The van der Waals surface area contributed by atoms with Crippen molar-refractivity contribution >= 4 is 38.0 Å². The molecule has 3 rings (SSSR count). The monoisotopic (exact) mass is 378 g/mol. The van der Waals surface area contributed by atoms with E-state index in [4.69, 9.17) is 29.5 Å². The molecule has 0 aliphatic carbocycles. The first kappa shape index (κ1) is 18.3. The Kier molecular flexibility index (Phi) is 6.22. The fourth-order valence-electron chi connectivity index (χ4n) is 2.66. The highest BCUT2D eigenvalue weighted by Gasteiger charge is 2.55. The molecule has 3 aliphatic heterocycles. The summed E-state index contributed by atoms with van der Waals surface area (Å²) >= 11 is 0. The molecule has 0 spiro atoms. The lowest BCUT2D eigenvalue weighted by molar-refractivity contribution is -0.0752. The molecular weight excluding hydrogens is 358 g/mol. The third-order valence-corrected chi connectivity index (χ3v) is 7.84. The molecule has 23 heavy (non-hydrogen) atoms. The normalized spacial score (nSPS) is 47.0. The highest BCUT2D eigenvalue weighted by atomic mass is 33.1. The van der Waals surface area contributed by atoms with E-state index in [9.17, 15) is 5.11 Å². The molecule has 3 aliphatic rings. The van der Waals surface area contributed by atoms with Gasteiger partial charge in [-0.1, -0.05) is 27.5 Å². The molecule has 0 aromatic carbocycles. The molecule has 128 valence electrons. The average molecular weight is 378 g/mol. The topological polar surface area (TPSA) is 66.4 Å². The van der Waals surface area contributed by atoms with Crippen LogP contribution in [0.3, 0.4) is 0 Å². The average Bonchev–Trinajstić information content (AvgIpc) is 2.77. The van der Waals surface area contributed by atoms with Gasteiger partial charge in [-0.3, -0.25) is 0 Å². The molecule has 0 saturated carbocycles. The van der Waals surface area contributed by atoms with Gasteiger partial charge in [0.05, 0.1) is 18.7 Å². The number of terminal acetylenes is 1. The van der Waals surface area contributed by atoms with E-state index in [1.54, 1.807) is 28.5 Å². The Morgan fingerprint density at radius 3 is 2.91 bits per heavy atom. The SMILES string of the molecule is B[C@@H]1O[C@@H]2CO[P@](O[C@@H]3CSSC[C@H]3OCC#C)O[C@H]2[C@@]1(C)O. The number of hydrogen-bond acceptors (Lipinski definition) is 8. The van der Waals surface area contributed by atoms with Crippen LogP contribution in [0.15, 0.2) is 0 Å². The van der Waals surface area contributed by atoms with Gasteiger partial charge in [0, 0.05) is 11.5 Å². The first-order chi connectivity index (χ1) is 11.0.